The molecule has 2 atom stereocenters. The van der Waals surface area contributed by atoms with E-state index in [2.05, 4.69) is 5.32 Å². The molecule has 1 aromatic rings. The Labute approximate surface area is 123 Å². The molecule has 3 rings (SSSR count). The molecule has 2 bridgehead atoms. The molecule has 0 unspecified atom stereocenters. The maximum Gasteiger partial charge on any atom is 0.254 e. The van der Waals surface area contributed by atoms with E-state index >= 15 is 0 Å². The van der Waals surface area contributed by atoms with Gasteiger partial charge in [-0.25, -0.2) is 0 Å². The number of rotatable bonds is 2. The summed E-state index contributed by atoms with van der Waals surface area (Å²) in [4.78, 5) is 12.2. The molecule has 1 saturated heterocycles. The lowest BCUT2D eigenvalue weighted by Crippen LogP contribution is -2.58. The zero-order valence-electron chi connectivity index (χ0n) is 12.4. The summed E-state index contributed by atoms with van der Waals surface area (Å²) >= 11 is 0. The molecular formula is C16H19NO4. The molecule has 112 valence electrons. The maximum absolute atomic E-state index is 12.2. The van der Waals surface area contributed by atoms with Gasteiger partial charge in [0.15, 0.2) is 5.72 Å². The lowest BCUT2D eigenvalue weighted by atomic mass is 9.78. The van der Waals surface area contributed by atoms with Crippen molar-refractivity contribution in [3.63, 3.8) is 0 Å². The molecule has 0 saturated carbocycles. The highest BCUT2D eigenvalue weighted by atomic mass is 16.5. The number of aliphatic hydroxyl groups is 1. The fourth-order valence-electron chi connectivity index (χ4n) is 3.15. The van der Waals surface area contributed by atoms with Gasteiger partial charge in [-0.2, -0.15) is 0 Å². The fraction of sp³-hybridized carbons (Fsp3) is 0.438. The van der Waals surface area contributed by atoms with Gasteiger partial charge in [0.1, 0.15) is 11.5 Å². The average Bonchev–Trinajstić information content (AvgIpc) is 2.36. The summed E-state index contributed by atoms with van der Waals surface area (Å²) in [6.45, 7) is 5.89. The van der Waals surface area contributed by atoms with Crippen molar-refractivity contribution in [3.8, 4) is 11.5 Å². The quantitative estimate of drug-likeness (QED) is 0.649. The number of carbonyl (C=O) groups is 1. The number of ether oxygens (including phenoxy) is 2. The molecule has 5 nitrogen and oxygen atoms in total. The van der Waals surface area contributed by atoms with E-state index in [4.69, 9.17) is 9.47 Å². The molecule has 2 heterocycles. The van der Waals surface area contributed by atoms with Crippen LogP contribution in [-0.4, -0.2) is 23.3 Å². The highest BCUT2D eigenvalue weighted by molar-refractivity contribution is 5.97. The Balaban J connectivity index is 2.11. The van der Waals surface area contributed by atoms with E-state index in [1.807, 2.05) is 32.0 Å². The Morgan fingerprint density at radius 2 is 2.33 bits per heavy atom. The summed E-state index contributed by atoms with van der Waals surface area (Å²) in [5, 5.41) is 12.7. The molecule has 0 aliphatic carbocycles. The Kier molecular flexibility index (Phi) is 3.08. The number of allylic oxidation sites excluding steroid dienone is 1. The normalized spacial score (nSPS) is 29.1. The van der Waals surface area contributed by atoms with Crippen LogP contribution in [0.5, 0.6) is 11.5 Å². The van der Waals surface area contributed by atoms with E-state index in [1.165, 1.54) is 0 Å². The topological polar surface area (TPSA) is 67.8 Å². The second-order valence-electron chi connectivity index (χ2n) is 5.68. The van der Waals surface area contributed by atoms with Crippen molar-refractivity contribution in [1.82, 2.24) is 5.32 Å². The van der Waals surface area contributed by atoms with Crippen molar-refractivity contribution < 1.29 is 19.4 Å². The van der Waals surface area contributed by atoms with Crippen molar-refractivity contribution in [2.45, 2.75) is 38.8 Å². The number of fused-ring (bicyclic) bond motifs is 4. The number of piperidine rings is 1. The van der Waals surface area contributed by atoms with Crippen LogP contribution in [0, 0.1) is 0 Å². The minimum atomic E-state index is -0.751. The van der Waals surface area contributed by atoms with E-state index in [9.17, 15) is 9.90 Å². The third kappa shape index (κ3) is 2.22. The largest absolute Gasteiger partial charge is 0.512 e. The second-order valence-corrected chi connectivity index (χ2v) is 5.68. The van der Waals surface area contributed by atoms with Gasteiger partial charge >= 0.3 is 0 Å². The van der Waals surface area contributed by atoms with E-state index in [0.29, 0.717) is 24.4 Å². The number of aliphatic hydroxyl groups excluding tert-OH is 1. The van der Waals surface area contributed by atoms with Gasteiger partial charge in [-0.1, -0.05) is 6.07 Å². The van der Waals surface area contributed by atoms with Gasteiger partial charge in [0, 0.05) is 24.0 Å². The first-order valence-corrected chi connectivity index (χ1v) is 7.11. The van der Waals surface area contributed by atoms with E-state index in [1.54, 1.807) is 6.92 Å². The van der Waals surface area contributed by atoms with E-state index in [-0.39, 0.29) is 17.6 Å². The molecule has 1 amide bonds. The van der Waals surface area contributed by atoms with Crippen LogP contribution in [0.15, 0.2) is 29.5 Å². The number of carbonyl (C=O) groups excluding carboxylic acids is 1. The Hall–Kier alpha value is -2.17. The van der Waals surface area contributed by atoms with Crippen LogP contribution in [-0.2, 0) is 4.79 Å². The van der Waals surface area contributed by atoms with Crippen molar-refractivity contribution in [3.05, 3.63) is 35.1 Å². The van der Waals surface area contributed by atoms with E-state index in [0.717, 1.165) is 11.3 Å². The number of nitrogens with one attached hydrogen (secondary N) is 1. The van der Waals surface area contributed by atoms with Crippen LogP contribution < -0.4 is 14.8 Å². The number of benzene rings is 1. The Morgan fingerprint density at radius 3 is 3.00 bits per heavy atom. The lowest BCUT2D eigenvalue weighted by molar-refractivity contribution is -0.127. The van der Waals surface area contributed by atoms with Gasteiger partial charge < -0.3 is 19.9 Å². The molecule has 1 aromatic carbocycles. The SMILES string of the molecule is CCOc1ccc2c(c1)O[C@]1(C)C[C@@H]2/C(=C(\C)O)C(=O)N1. The second kappa shape index (κ2) is 4.69. The molecule has 2 aliphatic rings. The number of hydrogen-bond donors (Lipinski definition) is 2. The van der Waals surface area contributed by atoms with Gasteiger partial charge in [0.05, 0.1) is 17.9 Å². The van der Waals surface area contributed by atoms with Gasteiger partial charge in [-0.05, 0) is 26.8 Å². The van der Waals surface area contributed by atoms with Gasteiger partial charge in [-0.15, -0.1) is 0 Å². The van der Waals surface area contributed by atoms with Crippen molar-refractivity contribution in [1.29, 1.82) is 0 Å². The van der Waals surface area contributed by atoms with Crippen LogP contribution in [0.2, 0.25) is 0 Å². The van der Waals surface area contributed by atoms with Crippen molar-refractivity contribution in [2.24, 2.45) is 0 Å². The zero-order valence-corrected chi connectivity index (χ0v) is 12.4. The van der Waals surface area contributed by atoms with E-state index < -0.39 is 5.72 Å². The summed E-state index contributed by atoms with van der Waals surface area (Å²) in [6, 6.07) is 5.61. The zero-order chi connectivity index (χ0) is 15.2. The van der Waals surface area contributed by atoms with Crippen LogP contribution in [0.25, 0.3) is 0 Å². The van der Waals surface area contributed by atoms with Crippen LogP contribution in [0.1, 0.15) is 38.7 Å². The molecule has 2 aliphatic heterocycles. The van der Waals surface area contributed by atoms with Gasteiger partial charge in [0.2, 0.25) is 0 Å². The molecule has 0 spiro atoms. The first-order chi connectivity index (χ1) is 9.93. The molecule has 5 heteroatoms. The molecule has 1 fully saturated rings. The maximum atomic E-state index is 12.2. The smallest absolute Gasteiger partial charge is 0.254 e. The molecule has 0 radical (unpaired) electrons. The molecule has 21 heavy (non-hydrogen) atoms. The highest BCUT2D eigenvalue weighted by Gasteiger charge is 2.47. The van der Waals surface area contributed by atoms with Gasteiger partial charge in [-0.3, -0.25) is 4.79 Å². The van der Waals surface area contributed by atoms with Crippen LogP contribution in [0.3, 0.4) is 0 Å². The third-order valence-electron chi connectivity index (χ3n) is 3.96. The highest BCUT2D eigenvalue weighted by Crippen LogP contribution is 2.47. The Bertz CT molecular complexity index is 633. The lowest BCUT2D eigenvalue weighted by Gasteiger charge is -2.45. The standard InChI is InChI=1S/C16H19NO4/c1-4-20-10-5-6-11-12-8-16(3,21-13(11)7-10)17-15(19)14(12)9(2)18/h5-7,12,18H,4,8H2,1-3H3,(H,17,19)/b14-9-/t12-,16+/m0/s1. The minimum Gasteiger partial charge on any atom is -0.512 e. The monoisotopic (exact) mass is 289 g/mol. The minimum absolute atomic E-state index is 0.0567. The Morgan fingerprint density at radius 1 is 1.57 bits per heavy atom. The summed E-state index contributed by atoms with van der Waals surface area (Å²) in [5.74, 6) is 1.05. The van der Waals surface area contributed by atoms with Gasteiger partial charge in [0.25, 0.3) is 5.91 Å². The molecular weight excluding hydrogens is 270 g/mol. The summed E-state index contributed by atoms with van der Waals surface area (Å²) < 4.78 is 11.5. The molecule has 0 aromatic heterocycles. The summed E-state index contributed by atoms with van der Waals surface area (Å²) in [7, 11) is 0. The van der Waals surface area contributed by atoms with Crippen molar-refractivity contribution >= 4 is 5.91 Å². The first-order valence-electron chi connectivity index (χ1n) is 7.11. The average molecular weight is 289 g/mol. The summed E-state index contributed by atoms with van der Waals surface area (Å²) in [5.41, 5.74) is 0.578. The number of hydrogen-bond acceptors (Lipinski definition) is 4. The predicted molar refractivity (Wildman–Crippen MR) is 77.5 cm³/mol. The predicted octanol–water partition coefficient (Wildman–Crippen LogP) is 2.63. The third-order valence-corrected chi connectivity index (χ3v) is 3.96. The molecule has 2 N–H and O–H groups in total. The number of amides is 1. The fourth-order valence-corrected chi connectivity index (χ4v) is 3.15. The summed E-state index contributed by atoms with van der Waals surface area (Å²) in [6.07, 6.45) is 0.604. The van der Waals surface area contributed by atoms with Crippen LogP contribution >= 0.6 is 0 Å². The first kappa shape index (κ1) is 13.8. The van der Waals surface area contributed by atoms with Crippen molar-refractivity contribution in [2.75, 3.05) is 6.61 Å². The van der Waals surface area contributed by atoms with Crippen LogP contribution in [0.4, 0.5) is 0 Å².